The average molecular weight is 944 g/mol. The molecule has 66 heavy (non-hydrogen) atoms. The molecule has 4 nitrogen and oxygen atoms in total. The van der Waals surface area contributed by atoms with E-state index in [1.54, 1.807) is 0 Å². The molecule has 0 aliphatic carbocycles. The number of rotatable bonds is 36. The maximum atomic E-state index is 14.3. The average Bonchev–Trinajstić information content (AvgIpc) is 3.27. The van der Waals surface area contributed by atoms with Crippen LogP contribution in [0, 0.1) is 0 Å². The van der Waals surface area contributed by atoms with Crippen molar-refractivity contribution in [3.63, 3.8) is 0 Å². The normalized spacial score (nSPS) is 12.1. The minimum atomic E-state index is -4.68. The van der Waals surface area contributed by atoms with Gasteiger partial charge in [-0.3, -0.25) is 0 Å². The molecule has 0 atom stereocenters. The first-order chi connectivity index (χ1) is 31.6. The zero-order valence-electron chi connectivity index (χ0n) is 39.5. The molecular formula is C52H75BF9NO3. The molecule has 0 saturated carbocycles. The van der Waals surface area contributed by atoms with Crippen LogP contribution in [0.15, 0.2) is 66.7 Å². The van der Waals surface area contributed by atoms with Gasteiger partial charge in [-0.05, 0) is 79.6 Å². The van der Waals surface area contributed by atoms with Gasteiger partial charge in [0.15, 0.2) is 0 Å². The zero-order chi connectivity index (χ0) is 48.1. The van der Waals surface area contributed by atoms with E-state index in [1.165, 1.54) is 109 Å². The van der Waals surface area contributed by atoms with Gasteiger partial charge in [-0.15, -0.1) is 0 Å². The first-order valence-electron chi connectivity index (χ1n) is 24.9. The van der Waals surface area contributed by atoms with Crippen LogP contribution in [0.5, 0.6) is 17.2 Å². The molecule has 0 saturated heterocycles. The Bertz CT molecular complexity index is 1630. The topological polar surface area (TPSA) is 30.9 Å². The Labute approximate surface area is 389 Å². The van der Waals surface area contributed by atoms with Gasteiger partial charge in [-0.25, -0.2) is 0 Å². The lowest BCUT2D eigenvalue weighted by molar-refractivity contribution is -0.138. The fourth-order valence-corrected chi connectivity index (χ4v) is 8.05. The molecule has 372 valence electrons. The van der Waals surface area contributed by atoms with Crippen LogP contribution >= 0.6 is 0 Å². The number of unbranched alkanes of at least 4 members (excludes halogenated alkanes) is 25. The lowest BCUT2D eigenvalue weighted by Gasteiger charge is -2.29. The third-order valence-electron chi connectivity index (χ3n) is 12.0. The van der Waals surface area contributed by atoms with Crippen molar-refractivity contribution < 1.29 is 53.5 Å². The first kappa shape index (κ1) is 56.6. The van der Waals surface area contributed by atoms with Crippen molar-refractivity contribution in [1.29, 1.82) is 0 Å². The van der Waals surface area contributed by atoms with Gasteiger partial charge in [0.1, 0.15) is 17.2 Å². The van der Waals surface area contributed by atoms with Gasteiger partial charge in [0.05, 0.1) is 22.4 Å². The van der Waals surface area contributed by atoms with Crippen LogP contribution in [0.3, 0.4) is 0 Å². The Morgan fingerprint density at radius 3 is 0.955 bits per heavy atom. The molecule has 0 aromatic heterocycles. The molecule has 0 spiro atoms. The second kappa shape index (κ2) is 31.4. The number of hydrogen-bond donors (Lipinski definition) is 0. The Morgan fingerprint density at radius 2 is 0.652 bits per heavy atom. The molecule has 0 aliphatic rings. The summed E-state index contributed by atoms with van der Waals surface area (Å²) in [5, 5.41) is 0. The third kappa shape index (κ3) is 23.8. The van der Waals surface area contributed by atoms with Crippen molar-refractivity contribution in [1.82, 2.24) is 0 Å². The monoisotopic (exact) mass is 944 g/mol. The summed E-state index contributed by atoms with van der Waals surface area (Å²) < 4.78 is 141. The lowest BCUT2D eigenvalue weighted by atomic mass is 10.0. The Kier molecular flexibility index (Phi) is 26.9. The Balaban J connectivity index is 1.75. The highest BCUT2D eigenvalue weighted by Gasteiger charge is 2.37. The van der Waals surface area contributed by atoms with Crippen LogP contribution in [-0.2, 0) is 18.5 Å². The van der Waals surface area contributed by atoms with Crippen molar-refractivity contribution in [2.45, 2.75) is 206 Å². The lowest BCUT2D eigenvalue weighted by Crippen LogP contribution is -2.38. The van der Waals surface area contributed by atoms with E-state index in [4.69, 9.17) is 14.0 Å². The van der Waals surface area contributed by atoms with E-state index in [0.29, 0.717) is 13.1 Å². The number of alkyl halides is 9. The molecule has 0 bridgehead atoms. The number of anilines is 1. The van der Waals surface area contributed by atoms with Crippen molar-refractivity contribution in [2.75, 3.05) is 18.0 Å². The highest BCUT2D eigenvalue weighted by molar-refractivity contribution is 6.39. The SMILES string of the molecule is CCCCCCCCCCCCCCCCCCN(CCCCCCCCCCCCC)c1cc(C(F)(F)F)ccc1OB(Oc1ccc(C(F)(F)F)cc1)Oc1ccc(C(F)(F)F)cc1. The van der Waals surface area contributed by atoms with E-state index < -0.39 is 42.5 Å². The summed E-state index contributed by atoms with van der Waals surface area (Å²) in [5.41, 5.74) is -2.67. The number of benzene rings is 3. The molecule has 0 N–H and O–H groups in total. The minimum absolute atomic E-state index is 0.0496. The van der Waals surface area contributed by atoms with Gasteiger partial charge in [0, 0.05) is 13.1 Å². The fraction of sp³-hybridized carbons (Fsp3) is 0.654. The molecule has 3 aromatic rings. The summed E-state index contributed by atoms with van der Waals surface area (Å²) in [6.45, 7) is 5.32. The van der Waals surface area contributed by atoms with Crippen LogP contribution in [0.4, 0.5) is 45.2 Å². The van der Waals surface area contributed by atoms with Crippen molar-refractivity contribution in [3.8, 4) is 17.2 Å². The molecule has 0 amide bonds. The van der Waals surface area contributed by atoms with E-state index in [0.717, 1.165) is 131 Å². The predicted octanol–water partition coefficient (Wildman–Crippen LogP) is 18.6. The summed E-state index contributed by atoms with van der Waals surface area (Å²) in [6.07, 6.45) is 17.3. The number of hydrogen-bond acceptors (Lipinski definition) is 4. The van der Waals surface area contributed by atoms with Gasteiger partial charge in [0.25, 0.3) is 0 Å². The van der Waals surface area contributed by atoms with Gasteiger partial charge in [-0.2, -0.15) is 39.5 Å². The Hall–Kier alpha value is -3.71. The second-order valence-electron chi connectivity index (χ2n) is 17.7. The van der Waals surface area contributed by atoms with Crippen molar-refractivity contribution in [2.24, 2.45) is 0 Å². The summed E-state index contributed by atoms with van der Waals surface area (Å²) in [5.74, 6) is -0.329. The van der Waals surface area contributed by atoms with Crippen molar-refractivity contribution in [3.05, 3.63) is 83.4 Å². The molecule has 3 aromatic carbocycles. The van der Waals surface area contributed by atoms with Crippen LogP contribution in [0.25, 0.3) is 0 Å². The standard InChI is InChI=1S/C52H75BF9NO3/c1-3-5-7-9-11-13-15-16-17-18-19-21-23-25-27-29-41-63(40-28-26-24-22-20-14-12-10-8-6-4-2)48-42-45(52(60,61)62)34-39-49(48)66-53(64-46-35-30-43(31-36-46)50(54,55)56)65-47-37-32-44(33-38-47)51(57,58)59/h30-39,42H,3-29,40-41H2,1-2H3. The highest BCUT2D eigenvalue weighted by atomic mass is 19.4. The maximum Gasteiger partial charge on any atom is 0.864 e. The molecule has 0 radical (unpaired) electrons. The van der Waals surface area contributed by atoms with Crippen LogP contribution in [-0.4, -0.2) is 20.4 Å². The van der Waals surface area contributed by atoms with Crippen molar-refractivity contribution >= 4 is 13.0 Å². The first-order valence-corrected chi connectivity index (χ1v) is 24.9. The quantitative estimate of drug-likeness (QED) is 0.0330. The molecule has 0 heterocycles. The molecular weight excluding hydrogens is 868 g/mol. The van der Waals surface area contributed by atoms with E-state index in [1.807, 2.05) is 4.90 Å². The van der Waals surface area contributed by atoms with E-state index in [2.05, 4.69) is 13.8 Å². The molecule has 3 rings (SSSR count). The zero-order valence-corrected chi connectivity index (χ0v) is 39.5. The fourth-order valence-electron chi connectivity index (χ4n) is 8.05. The largest absolute Gasteiger partial charge is 0.864 e. The van der Waals surface area contributed by atoms with Gasteiger partial charge in [0.2, 0.25) is 0 Å². The highest BCUT2D eigenvalue weighted by Crippen LogP contribution is 2.39. The van der Waals surface area contributed by atoms with Gasteiger partial charge in [-0.1, -0.05) is 174 Å². The molecule has 14 heteroatoms. The van der Waals surface area contributed by atoms with Gasteiger partial charge >= 0.3 is 25.9 Å². The molecule has 0 aliphatic heterocycles. The second-order valence-corrected chi connectivity index (χ2v) is 17.7. The summed E-state index contributed by atoms with van der Waals surface area (Å²) in [7, 11) is -1.83. The number of nitrogens with zero attached hydrogens (tertiary/aromatic N) is 1. The van der Waals surface area contributed by atoms with Crippen LogP contribution in [0.2, 0.25) is 0 Å². The number of halogens is 9. The third-order valence-corrected chi connectivity index (χ3v) is 12.0. The maximum absolute atomic E-state index is 14.3. The van der Waals surface area contributed by atoms with Crippen LogP contribution in [0.1, 0.15) is 204 Å². The minimum Gasteiger partial charge on any atom is -0.490 e. The smallest absolute Gasteiger partial charge is 0.490 e. The van der Waals surface area contributed by atoms with Crippen LogP contribution < -0.4 is 18.9 Å². The summed E-state index contributed by atoms with van der Waals surface area (Å²) >= 11 is 0. The molecule has 0 fully saturated rings. The molecule has 0 unspecified atom stereocenters. The predicted molar refractivity (Wildman–Crippen MR) is 250 cm³/mol. The van der Waals surface area contributed by atoms with E-state index in [-0.39, 0.29) is 22.9 Å². The Morgan fingerprint density at radius 1 is 0.364 bits per heavy atom. The summed E-state index contributed by atoms with van der Waals surface area (Å²) in [4.78, 5) is 1.88. The van der Waals surface area contributed by atoms with E-state index >= 15 is 0 Å². The van der Waals surface area contributed by atoms with Gasteiger partial charge < -0.3 is 18.9 Å². The van der Waals surface area contributed by atoms with E-state index in [9.17, 15) is 39.5 Å². The summed E-state index contributed by atoms with van der Waals surface area (Å²) in [6, 6.07) is 10.3.